The largest absolute Gasteiger partial charge is 0.486 e. The minimum absolute atomic E-state index is 0.0722. The standard InChI is InChI=1S/C26H20B2F2N4O3/c1-33-11-18-16(4-5-22(23(18)32-33)37-15-6-8-36-13-15)14-9-20(29)19(21(30)10-14)12-34-25(35)17-3-2-7-31-24(17)26(34,27)28/h2-5,7,9-11,15H,6,8,12-13H2,1H3/t15-/m1/s1. The van der Waals surface area contributed by atoms with Gasteiger partial charge in [0.25, 0.3) is 5.91 Å². The number of fused-ring (bicyclic) bond motifs is 2. The van der Waals surface area contributed by atoms with E-state index in [0.717, 1.165) is 11.3 Å². The van der Waals surface area contributed by atoms with E-state index in [1.165, 1.54) is 24.4 Å². The van der Waals surface area contributed by atoms with Gasteiger partial charge < -0.3 is 14.4 Å². The van der Waals surface area contributed by atoms with Gasteiger partial charge in [0, 0.05) is 42.1 Å². The molecule has 1 fully saturated rings. The highest BCUT2D eigenvalue weighted by Crippen LogP contribution is 2.38. The lowest BCUT2D eigenvalue weighted by Gasteiger charge is -2.33. The number of pyridine rings is 1. The van der Waals surface area contributed by atoms with Crippen molar-refractivity contribution in [1.29, 1.82) is 0 Å². The van der Waals surface area contributed by atoms with E-state index in [0.29, 0.717) is 41.0 Å². The quantitative estimate of drug-likeness (QED) is 0.398. The molecule has 4 radical (unpaired) electrons. The number of carbonyl (C=O) groups is 1. The van der Waals surface area contributed by atoms with Crippen LogP contribution >= 0.6 is 0 Å². The number of aromatic nitrogens is 3. The Morgan fingerprint density at radius 1 is 1.19 bits per heavy atom. The third-order valence-corrected chi connectivity index (χ3v) is 6.81. The van der Waals surface area contributed by atoms with Crippen LogP contribution in [0.2, 0.25) is 0 Å². The van der Waals surface area contributed by atoms with E-state index >= 15 is 8.78 Å². The molecule has 2 aliphatic rings. The topological polar surface area (TPSA) is 69.5 Å². The van der Waals surface area contributed by atoms with E-state index in [4.69, 9.17) is 25.2 Å². The number of rotatable bonds is 5. The van der Waals surface area contributed by atoms with Crippen LogP contribution in [0.5, 0.6) is 5.75 Å². The molecule has 0 spiro atoms. The minimum Gasteiger partial charge on any atom is -0.486 e. The molecule has 0 aliphatic carbocycles. The lowest BCUT2D eigenvalue weighted by Crippen LogP contribution is -2.45. The summed E-state index contributed by atoms with van der Waals surface area (Å²) in [5.41, 5.74) is 1.52. The minimum atomic E-state index is -1.80. The van der Waals surface area contributed by atoms with Gasteiger partial charge in [0.15, 0.2) is 0 Å². The van der Waals surface area contributed by atoms with Crippen LogP contribution in [-0.2, 0) is 23.7 Å². The molecule has 7 nitrogen and oxygen atoms in total. The molecular formula is C26H20B2F2N4O3. The fraction of sp³-hybridized carbons (Fsp3) is 0.269. The number of hydrogen-bond acceptors (Lipinski definition) is 5. The molecule has 2 aliphatic heterocycles. The van der Waals surface area contributed by atoms with Crippen molar-refractivity contribution in [2.45, 2.75) is 24.4 Å². The Kier molecular flexibility index (Phi) is 5.56. The number of ether oxygens (including phenoxy) is 2. The second kappa shape index (κ2) is 8.69. The van der Waals surface area contributed by atoms with Crippen LogP contribution in [0.1, 0.15) is 28.0 Å². The maximum absolute atomic E-state index is 15.4. The summed E-state index contributed by atoms with van der Waals surface area (Å²) in [7, 11) is 14.1. The van der Waals surface area contributed by atoms with Gasteiger partial charge in [0.2, 0.25) is 0 Å². The maximum Gasteiger partial charge on any atom is 0.255 e. The number of benzene rings is 2. The third kappa shape index (κ3) is 3.89. The van der Waals surface area contributed by atoms with E-state index in [-0.39, 0.29) is 22.9 Å². The van der Waals surface area contributed by atoms with Crippen molar-refractivity contribution in [3.05, 3.63) is 77.2 Å². The average molecular weight is 496 g/mol. The fourth-order valence-electron chi connectivity index (χ4n) is 4.94. The Bertz CT molecular complexity index is 1530. The van der Waals surface area contributed by atoms with E-state index in [1.54, 1.807) is 36.1 Å². The highest BCUT2D eigenvalue weighted by molar-refractivity contribution is 6.42. The lowest BCUT2D eigenvalue weighted by atomic mass is 9.59. The van der Waals surface area contributed by atoms with Crippen molar-refractivity contribution in [1.82, 2.24) is 19.7 Å². The summed E-state index contributed by atoms with van der Waals surface area (Å²) in [4.78, 5) is 18.0. The molecule has 1 atom stereocenters. The second-order valence-corrected chi connectivity index (χ2v) is 9.31. The molecule has 0 saturated carbocycles. The van der Waals surface area contributed by atoms with Crippen LogP contribution < -0.4 is 4.74 Å². The molecule has 1 amide bonds. The van der Waals surface area contributed by atoms with Crippen molar-refractivity contribution in [2.24, 2.45) is 7.05 Å². The fourth-order valence-corrected chi connectivity index (χ4v) is 4.94. The zero-order valence-corrected chi connectivity index (χ0v) is 19.9. The first-order chi connectivity index (χ1) is 17.7. The molecule has 4 aromatic rings. The zero-order valence-electron chi connectivity index (χ0n) is 19.9. The van der Waals surface area contributed by atoms with Crippen molar-refractivity contribution in [3.63, 3.8) is 0 Å². The average Bonchev–Trinajstić information content (AvgIpc) is 3.56. The van der Waals surface area contributed by atoms with E-state index in [2.05, 4.69) is 10.1 Å². The van der Waals surface area contributed by atoms with Gasteiger partial charge in [-0.3, -0.25) is 14.5 Å². The summed E-state index contributed by atoms with van der Waals surface area (Å²) in [5.74, 6) is -1.63. The zero-order chi connectivity index (χ0) is 25.9. The Balaban J connectivity index is 1.35. The van der Waals surface area contributed by atoms with Crippen LogP contribution in [0.4, 0.5) is 8.78 Å². The summed E-state index contributed by atoms with van der Waals surface area (Å²) >= 11 is 0. The predicted molar refractivity (Wildman–Crippen MR) is 133 cm³/mol. The SMILES string of the molecule is [B]C1([B])c2ncccc2C(=O)N1Cc1c(F)cc(-c2ccc(O[C@@H]3CCOC3)c3nn(C)cc23)cc1F. The molecule has 11 heteroatoms. The highest BCUT2D eigenvalue weighted by Gasteiger charge is 2.43. The molecule has 0 unspecified atom stereocenters. The smallest absolute Gasteiger partial charge is 0.255 e. The lowest BCUT2D eigenvalue weighted by molar-refractivity contribution is 0.0727. The van der Waals surface area contributed by atoms with Crippen LogP contribution in [0, 0.1) is 11.6 Å². The van der Waals surface area contributed by atoms with Crippen LogP contribution in [0.25, 0.3) is 22.0 Å². The van der Waals surface area contributed by atoms with Crippen molar-refractivity contribution < 1.29 is 23.0 Å². The van der Waals surface area contributed by atoms with Crippen molar-refractivity contribution in [2.75, 3.05) is 13.2 Å². The molecule has 37 heavy (non-hydrogen) atoms. The van der Waals surface area contributed by atoms with Crippen LogP contribution in [0.3, 0.4) is 0 Å². The van der Waals surface area contributed by atoms with Gasteiger partial charge in [-0.15, -0.1) is 0 Å². The van der Waals surface area contributed by atoms with Gasteiger partial charge in [-0.05, 0) is 47.5 Å². The van der Waals surface area contributed by atoms with Crippen molar-refractivity contribution >= 4 is 32.5 Å². The van der Waals surface area contributed by atoms with Gasteiger partial charge >= 0.3 is 0 Å². The molecule has 6 rings (SSSR count). The molecule has 182 valence electrons. The highest BCUT2D eigenvalue weighted by atomic mass is 19.1. The Hall–Kier alpha value is -3.72. The number of amides is 1. The van der Waals surface area contributed by atoms with Crippen LogP contribution in [-0.4, -0.2) is 60.6 Å². The Labute approximate surface area is 214 Å². The number of aryl methyl sites for hydroxylation is 1. The van der Waals surface area contributed by atoms with Gasteiger partial charge in [0.05, 0.1) is 46.7 Å². The molecule has 4 heterocycles. The normalized spacial score (nSPS) is 18.5. The molecule has 1 saturated heterocycles. The van der Waals surface area contributed by atoms with Gasteiger partial charge in [0.1, 0.15) is 29.0 Å². The number of halogens is 2. The Morgan fingerprint density at radius 3 is 2.68 bits per heavy atom. The predicted octanol–water partition coefficient (Wildman–Crippen LogP) is 3.18. The number of hydrogen-bond donors (Lipinski definition) is 0. The monoisotopic (exact) mass is 496 g/mol. The molecular weight excluding hydrogens is 476 g/mol. The number of nitrogens with zero attached hydrogens (tertiary/aromatic N) is 4. The molecule has 0 N–H and O–H groups in total. The first-order valence-corrected chi connectivity index (χ1v) is 11.8. The maximum atomic E-state index is 15.4. The second-order valence-electron chi connectivity index (χ2n) is 9.31. The van der Waals surface area contributed by atoms with E-state index in [9.17, 15) is 4.79 Å². The van der Waals surface area contributed by atoms with Crippen molar-refractivity contribution in [3.8, 4) is 16.9 Å². The molecule has 2 aromatic heterocycles. The summed E-state index contributed by atoms with van der Waals surface area (Å²) < 4.78 is 43.8. The first-order valence-electron chi connectivity index (χ1n) is 11.8. The number of carbonyl (C=O) groups excluding carboxylic acids is 1. The summed E-state index contributed by atoms with van der Waals surface area (Å²) in [6.45, 7) is 0.681. The Morgan fingerprint density at radius 2 is 1.97 bits per heavy atom. The van der Waals surface area contributed by atoms with E-state index in [1.807, 2.05) is 0 Å². The van der Waals surface area contributed by atoms with Gasteiger partial charge in [-0.1, -0.05) is 0 Å². The summed E-state index contributed by atoms with van der Waals surface area (Å²) in [5, 5.41) is 3.39. The summed E-state index contributed by atoms with van der Waals surface area (Å²) in [6, 6.07) is 9.06. The van der Waals surface area contributed by atoms with Gasteiger partial charge in [-0.25, -0.2) is 8.78 Å². The summed E-state index contributed by atoms with van der Waals surface area (Å²) in [6.07, 6.45) is 3.94. The molecule has 0 bridgehead atoms. The van der Waals surface area contributed by atoms with E-state index < -0.39 is 29.4 Å². The third-order valence-electron chi connectivity index (χ3n) is 6.81. The first kappa shape index (κ1) is 23.7. The molecule has 2 aromatic carbocycles. The van der Waals surface area contributed by atoms with Crippen LogP contribution in [0.15, 0.2) is 48.8 Å². The van der Waals surface area contributed by atoms with Gasteiger partial charge in [-0.2, -0.15) is 5.10 Å².